The molecule has 0 aliphatic heterocycles. The lowest BCUT2D eigenvalue weighted by atomic mass is 10.1. The zero-order chi connectivity index (χ0) is 17.3. The molecule has 1 atom stereocenters. The summed E-state index contributed by atoms with van der Waals surface area (Å²) >= 11 is 0. The van der Waals surface area contributed by atoms with Gasteiger partial charge in [0.2, 0.25) is 11.8 Å². The van der Waals surface area contributed by atoms with Gasteiger partial charge in [0, 0.05) is 26.8 Å². The molecule has 136 valence electrons. The molecule has 6 nitrogen and oxygen atoms in total. The van der Waals surface area contributed by atoms with E-state index in [1.54, 1.807) is 7.05 Å². The first-order chi connectivity index (χ1) is 11.1. The van der Waals surface area contributed by atoms with Gasteiger partial charge in [-0.3, -0.25) is 9.59 Å². The van der Waals surface area contributed by atoms with Gasteiger partial charge in [-0.05, 0) is 25.2 Å². The Labute approximate surface area is 140 Å². The Morgan fingerprint density at radius 2 is 1.61 bits per heavy atom. The minimum absolute atomic E-state index is 0.0526. The summed E-state index contributed by atoms with van der Waals surface area (Å²) < 4.78 is 10.6. The first-order valence-corrected chi connectivity index (χ1v) is 8.72. The first-order valence-electron chi connectivity index (χ1n) is 8.72. The Morgan fingerprint density at radius 1 is 0.957 bits per heavy atom. The molecule has 0 radical (unpaired) electrons. The fourth-order valence-electron chi connectivity index (χ4n) is 2.01. The normalized spacial score (nSPS) is 12.0. The lowest BCUT2D eigenvalue weighted by Crippen LogP contribution is -2.31. The van der Waals surface area contributed by atoms with E-state index >= 15 is 0 Å². The third-order valence-electron chi connectivity index (χ3n) is 3.52. The first kappa shape index (κ1) is 21.9. The van der Waals surface area contributed by atoms with Gasteiger partial charge in [0.1, 0.15) is 13.2 Å². The molecule has 0 aromatic heterocycles. The van der Waals surface area contributed by atoms with E-state index in [0.29, 0.717) is 25.7 Å². The number of ether oxygens (including phenoxy) is 2. The van der Waals surface area contributed by atoms with Crippen molar-refractivity contribution >= 4 is 11.8 Å². The highest BCUT2D eigenvalue weighted by molar-refractivity contribution is 5.77. The molecule has 0 heterocycles. The second-order valence-electron chi connectivity index (χ2n) is 5.89. The lowest BCUT2D eigenvalue weighted by molar-refractivity contribution is -0.126. The molecule has 0 aromatic rings. The molecule has 0 aliphatic carbocycles. The van der Waals surface area contributed by atoms with E-state index in [0.717, 1.165) is 25.7 Å². The zero-order valence-corrected chi connectivity index (χ0v) is 15.0. The van der Waals surface area contributed by atoms with Crippen molar-refractivity contribution in [1.82, 2.24) is 10.6 Å². The maximum atomic E-state index is 11.6. The summed E-state index contributed by atoms with van der Waals surface area (Å²) in [4.78, 5) is 22.6. The monoisotopic (exact) mass is 330 g/mol. The van der Waals surface area contributed by atoms with E-state index in [1.165, 1.54) is 12.8 Å². The molecular formula is C17H34N2O4. The summed E-state index contributed by atoms with van der Waals surface area (Å²) in [5.41, 5.74) is 0. The Bertz CT molecular complexity index is 311. The third kappa shape index (κ3) is 15.5. The van der Waals surface area contributed by atoms with Gasteiger partial charge in [0.05, 0.1) is 0 Å². The van der Waals surface area contributed by atoms with Crippen molar-refractivity contribution in [2.45, 2.75) is 52.4 Å². The molecule has 2 N–H and O–H groups in total. The lowest BCUT2D eigenvalue weighted by Gasteiger charge is -2.13. The van der Waals surface area contributed by atoms with Crippen LogP contribution < -0.4 is 10.6 Å². The number of unbranched alkanes of at least 4 members (excludes halogenated alkanes) is 3. The number of nitrogens with one attached hydrogen (secondary N) is 2. The van der Waals surface area contributed by atoms with E-state index in [9.17, 15) is 9.59 Å². The van der Waals surface area contributed by atoms with Crippen LogP contribution in [0.5, 0.6) is 0 Å². The fourth-order valence-corrected chi connectivity index (χ4v) is 2.01. The van der Waals surface area contributed by atoms with Gasteiger partial charge in [-0.2, -0.15) is 0 Å². The number of likely N-dealkylation sites (N-methyl/N-ethyl adjacent to an activating group) is 1. The van der Waals surface area contributed by atoms with Gasteiger partial charge in [-0.1, -0.05) is 33.1 Å². The van der Waals surface area contributed by atoms with E-state index < -0.39 is 0 Å². The minimum atomic E-state index is -0.111. The smallest absolute Gasteiger partial charge is 0.246 e. The average Bonchev–Trinajstić information content (AvgIpc) is 2.55. The number of hydrogen-bond acceptors (Lipinski definition) is 4. The van der Waals surface area contributed by atoms with E-state index in [4.69, 9.17) is 9.47 Å². The van der Waals surface area contributed by atoms with Crippen LogP contribution in [0.25, 0.3) is 0 Å². The summed E-state index contributed by atoms with van der Waals surface area (Å²) in [6.45, 7) is 6.38. The van der Waals surface area contributed by atoms with Crippen molar-refractivity contribution in [3.05, 3.63) is 0 Å². The molecule has 6 heteroatoms. The molecule has 23 heavy (non-hydrogen) atoms. The van der Waals surface area contributed by atoms with Crippen LogP contribution in [0.1, 0.15) is 52.4 Å². The van der Waals surface area contributed by atoms with E-state index in [1.807, 2.05) is 0 Å². The Kier molecular flexibility index (Phi) is 15.0. The van der Waals surface area contributed by atoms with Gasteiger partial charge in [0.25, 0.3) is 0 Å². The number of carbonyl (C=O) groups is 2. The molecule has 0 saturated heterocycles. The Hall–Kier alpha value is -1.14. The molecule has 0 unspecified atom stereocenters. The second-order valence-corrected chi connectivity index (χ2v) is 5.89. The van der Waals surface area contributed by atoms with Crippen molar-refractivity contribution in [2.75, 3.05) is 40.0 Å². The van der Waals surface area contributed by atoms with Crippen molar-refractivity contribution in [3.8, 4) is 0 Å². The standard InChI is InChI=1S/C17H34N2O4/c1-4-5-6-7-10-22-14-17(21)19-12-15(2)9-8-11-23-13-16(20)18-3/h15H,4-14H2,1-3H3,(H,18,20)(H,19,21)/t15-/m0/s1. The molecule has 0 spiro atoms. The van der Waals surface area contributed by atoms with Crippen LogP contribution in [0.2, 0.25) is 0 Å². The van der Waals surface area contributed by atoms with Gasteiger partial charge >= 0.3 is 0 Å². The molecule has 0 fully saturated rings. The highest BCUT2D eigenvalue weighted by Crippen LogP contribution is 2.04. The SMILES string of the molecule is CCCCCCOCC(=O)NC[C@@H](C)CCCOCC(=O)NC. The molecular weight excluding hydrogens is 296 g/mol. The zero-order valence-electron chi connectivity index (χ0n) is 15.0. The van der Waals surface area contributed by atoms with Crippen LogP contribution in [0, 0.1) is 5.92 Å². The molecule has 0 bridgehead atoms. The fraction of sp³-hybridized carbons (Fsp3) is 0.882. The van der Waals surface area contributed by atoms with Crippen molar-refractivity contribution in [1.29, 1.82) is 0 Å². The van der Waals surface area contributed by atoms with Crippen LogP contribution in [-0.2, 0) is 19.1 Å². The summed E-state index contributed by atoms with van der Waals surface area (Å²) in [5.74, 6) is 0.218. The maximum Gasteiger partial charge on any atom is 0.246 e. The van der Waals surface area contributed by atoms with Gasteiger partial charge in [-0.15, -0.1) is 0 Å². The number of carbonyl (C=O) groups excluding carboxylic acids is 2. The summed E-state index contributed by atoms with van der Waals surface area (Å²) in [7, 11) is 1.59. The molecule has 0 saturated carbocycles. The van der Waals surface area contributed by atoms with Crippen LogP contribution >= 0.6 is 0 Å². The Balaban J connectivity index is 3.41. The van der Waals surface area contributed by atoms with Crippen LogP contribution in [0.15, 0.2) is 0 Å². The summed E-state index contributed by atoms with van der Waals surface area (Å²) in [5, 5.41) is 5.39. The maximum absolute atomic E-state index is 11.6. The van der Waals surface area contributed by atoms with Crippen molar-refractivity contribution in [2.24, 2.45) is 5.92 Å². The van der Waals surface area contributed by atoms with Gasteiger partial charge < -0.3 is 20.1 Å². The number of hydrogen-bond donors (Lipinski definition) is 2. The van der Waals surface area contributed by atoms with E-state index in [2.05, 4.69) is 24.5 Å². The predicted molar refractivity (Wildman–Crippen MR) is 91.3 cm³/mol. The third-order valence-corrected chi connectivity index (χ3v) is 3.52. The van der Waals surface area contributed by atoms with Crippen LogP contribution in [-0.4, -0.2) is 51.8 Å². The minimum Gasteiger partial charge on any atom is -0.372 e. The highest BCUT2D eigenvalue weighted by Gasteiger charge is 2.06. The van der Waals surface area contributed by atoms with Gasteiger partial charge in [-0.25, -0.2) is 0 Å². The second kappa shape index (κ2) is 15.7. The van der Waals surface area contributed by atoms with Crippen molar-refractivity contribution in [3.63, 3.8) is 0 Å². The number of amides is 2. The summed E-state index contributed by atoms with van der Waals surface area (Å²) in [6.07, 6.45) is 6.44. The van der Waals surface area contributed by atoms with Gasteiger partial charge in [0.15, 0.2) is 0 Å². The van der Waals surface area contributed by atoms with Crippen LogP contribution in [0.3, 0.4) is 0 Å². The van der Waals surface area contributed by atoms with Crippen LogP contribution in [0.4, 0.5) is 0 Å². The highest BCUT2D eigenvalue weighted by atomic mass is 16.5. The average molecular weight is 330 g/mol. The van der Waals surface area contributed by atoms with Crippen molar-refractivity contribution < 1.29 is 19.1 Å². The largest absolute Gasteiger partial charge is 0.372 e. The quantitative estimate of drug-likeness (QED) is 0.450. The predicted octanol–water partition coefficient (Wildman–Crippen LogP) is 1.88. The number of rotatable bonds is 15. The summed E-state index contributed by atoms with van der Waals surface area (Å²) in [6, 6.07) is 0. The topological polar surface area (TPSA) is 76.7 Å². The molecule has 0 aliphatic rings. The van der Waals surface area contributed by atoms with E-state index in [-0.39, 0.29) is 25.0 Å². The molecule has 0 aromatic carbocycles. The Morgan fingerprint density at radius 3 is 2.26 bits per heavy atom. The molecule has 2 amide bonds. The molecule has 0 rings (SSSR count).